The largest absolute Gasteiger partial charge is 0.361 e. The van der Waals surface area contributed by atoms with Gasteiger partial charge in [0.25, 0.3) is 0 Å². The van der Waals surface area contributed by atoms with Crippen LogP contribution in [0, 0.1) is 6.92 Å². The predicted molar refractivity (Wildman–Crippen MR) is 65.5 cm³/mol. The molecule has 0 bridgehead atoms. The molecule has 0 aliphatic rings. The Morgan fingerprint density at radius 1 is 1.59 bits per heavy atom. The molecule has 0 atom stereocenters. The Labute approximate surface area is 102 Å². The molecule has 0 unspecified atom stereocenters. The highest BCUT2D eigenvalue weighted by molar-refractivity contribution is 5.76. The molecule has 96 valence electrons. The van der Waals surface area contributed by atoms with Crippen molar-refractivity contribution in [2.45, 2.75) is 39.8 Å². The van der Waals surface area contributed by atoms with E-state index >= 15 is 0 Å². The second kappa shape index (κ2) is 6.39. The monoisotopic (exact) mass is 239 g/mol. The summed E-state index contributed by atoms with van der Waals surface area (Å²) in [5.74, 6) is 0.876. The van der Waals surface area contributed by atoms with Gasteiger partial charge in [-0.3, -0.25) is 4.79 Å². The Balaban J connectivity index is 2.31. The smallest absolute Gasteiger partial charge is 0.223 e. The second-order valence-corrected chi connectivity index (χ2v) is 4.54. The van der Waals surface area contributed by atoms with E-state index < -0.39 is 0 Å². The third-order valence-electron chi connectivity index (χ3n) is 2.39. The van der Waals surface area contributed by atoms with Gasteiger partial charge >= 0.3 is 0 Å². The van der Waals surface area contributed by atoms with Crippen molar-refractivity contribution in [1.29, 1.82) is 0 Å². The van der Waals surface area contributed by atoms with Crippen LogP contribution in [-0.4, -0.2) is 35.6 Å². The van der Waals surface area contributed by atoms with E-state index in [0.717, 1.165) is 11.5 Å². The number of aryl methyl sites for hydroxylation is 1. The minimum atomic E-state index is 0.110. The Bertz CT molecular complexity index is 360. The number of amides is 1. The number of carbonyl (C=O) groups is 1. The summed E-state index contributed by atoms with van der Waals surface area (Å²) in [4.78, 5) is 13.4. The number of nitrogens with one attached hydrogen (secondary N) is 1. The van der Waals surface area contributed by atoms with Crippen LogP contribution >= 0.6 is 0 Å². The van der Waals surface area contributed by atoms with Crippen LogP contribution in [0.25, 0.3) is 0 Å². The van der Waals surface area contributed by atoms with E-state index in [-0.39, 0.29) is 5.91 Å². The van der Waals surface area contributed by atoms with Crippen molar-refractivity contribution in [3.05, 3.63) is 17.5 Å². The highest BCUT2D eigenvalue weighted by atomic mass is 16.5. The molecular formula is C12H21N3O2. The highest BCUT2D eigenvalue weighted by Crippen LogP contribution is 2.05. The summed E-state index contributed by atoms with van der Waals surface area (Å²) in [7, 11) is 1.78. The first-order chi connectivity index (χ1) is 7.99. The maximum Gasteiger partial charge on any atom is 0.223 e. The van der Waals surface area contributed by atoms with Crippen LogP contribution in [0.3, 0.4) is 0 Å². The van der Waals surface area contributed by atoms with Crippen molar-refractivity contribution in [3.8, 4) is 0 Å². The van der Waals surface area contributed by atoms with Crippen LogP contribution in [-0.2, 0) is 11.3 Å². The lowest BCUT2D eigenvalue weighted by molar-refractivity contribution is -0.130. The molecule has 1 rings (SSSR count). The normalized spacial score (nSPS) is 10.9. The van der Waals surface area contributed by atoms with Crippen LogP contribution < -0.4 is 5.32 Å². The van der Waals surface area contributed by atoms with E-state index in [4.69, 9.17) is 4.52 Å². The zero-order valence-electron chi connectivity index (χ0n) is 11.0. The average Bonchev–Trinajstić information content (AvgIpc) is 2.63. The summed E-state index contributed by atoms with van der Waals surface area (Å²) in [6, 6.07) is 2.25. The van der Waals surface area contributed by atoms with E-state index in [1.54, 1.807) is 11.9 Å². The van der Waals surface area contributed by atoms with E-state index in [0.29, 0.717) is 25.6 Å². The lowest BCUT2D eigenvalue weighted by Crippen LogP contribution is -2.31. The van der Waals surface area contributed by atoms with Crippen LogP contribution in [0.1, 0.15) is 31.7 Å². The van der Waals surface area contributed by atoms with Crippen LogP contribution in [0.2, 0.25) is 0 Å². The molecule has 0 fully saturated rings. The molecule has 0 spiro atoms. The van der Waals surface area contributed by atoms with Gasteiger partial charge < -0.3 is 14.7 Å². The Kier molecular flexibility index (Phi) is 5.15. The molecule has 1 N–H and O–H groups in total. The standard InChI is InChI=1S/C12H21N3O2/c1-9(2)13-6-5-12(16)15(4)8-11-7-10(3)17-14-11/h7,9,13H,5-6,8H2,1-4H3. The van der Waals surface area contributed by atoms with Gasteiger partial charge in [-0.1, -0.05) is 19.0 Å². The van der Waals surface area contributed by atoms with E-state index in [1.807, 2.05) is 13.0 Å². The van der Waals surface area contributed by atoms with Crippen LogP contribution in [0.5, 0.6) is 0 Å². The number of hydrogen-bond donors (Lipinski definition) is 1. The summed E-state index contributed by atoms with van der Waals surface area (Å²) < 4.78 is 4.96. The lowest BCUT2D eigenvalue weighted by Gasteiger charge is -2.16. The van der Waals surface area contributed by atoms with Crippen molar-refractivity contribution >= 4 is 5.91 Å². The van der Waals surface area contributed by atoms with Gasteiger partial charge in [0, 0.05) is 32.1 Å². The lowest BCUT2D eigenvalue weighted by atomic mass is 10.3. The van der Waals surface area contributed by atoms with E-state index in [9.17, 15) is 4.79 Å². The third kappa shape index (κ3) is 4.99. The summed E-state index contributed by atoms with van der Waals surface area (Å²) in [6.45, 7) is 7.17. The number of aromatic nitrogens is 1. The van der Waals surface area contributed by atoms with Crippen molar-refractivity contribution in [1.82, 2.24) is 15.4 Å². The molecule has 0 saturated carbocycles. The zero-order valence-corrected chi connectivity index (χ0v) is 11.0. The molecule has 5 heteroatoms. The fourth-order valence-electron chi connectivity index (χ4n) is 1.48. The highest BCUT2D eigenvalue weighted by Gasteiger charge is 2.11. The molecule has 0 radical (unpaired) electrons. The van der Waals surface area contributed by atoms with Crippen LogP contribution in [0.15, 0.2) is 10.6 Å². The van der Waals surface area contributed by atoms with Crippen LogP contribution in [0.4, 0.5) is 0 Å². The summed E-state index contributed by atoms with van der Waals surface area (Å²) in [6.07, 6.45) is 0.505. The SMILES string of the molecule is Cc1cc(CN(C)C(=O)CCNC(C)C)no1. The Morgan fingerprint density at radius 3 is 2.82 bits per heavy atom. The van der Waals surface area contributed by atoms with Gasteiger partial charge in [0.05, 0.1) is 6.54 Å². The topological polar surface area (TPSA) is 58.4 Å². The second-order valence-electron chi connectivity index (χ2n) is 4.54. The summed E-state index contributed by atoms with van der Waals surface area (Å²) in [5.41, 5.74) is 0.787. The predicted octanol–water partition coefficient (Wildman–Crippen LogP) is 1.33. The molecule has 1 amide bonds. The number of carbonyl (C=O) groups excluding carboxylic acids is 1. The van der Waals surface area contributed by atoms with Crippen molar-refractivity contribution in [2.24, 2.45) is 0 Å². The van der Waals surface area contributed by atoms with Gasteiger partial charge in [-0.15, -0.1) is 0 Å². The minimum Gasteiger partial charge on any atom is -0.361 e. The number of rotatable bonds is 6. The van der Waals surface area contributed by atoms with Gasteiger partial charge in [-0.2, -0.15) is 0 Å². The number of hydrogen-bond acceptors (Lipinski definition) is 4. The number of nitrogens with zero attached hydrogens (tertiary/aromatic N) is 2. The van der Waals surface area contributed by atoms with Gasteiger partial charge in [-0.25, -0.2) is 0 Å². The molecule has 1 aromatic rings. The minimum absolute atomic E-state index is 0.110. The van der Waals surface area contributed by atoms with Crippen molar-refractivity contribution < 1.29 is 9.32 Å². The van der Waals surface area contributed by atoms with Gasteiger partial charge in [0.1, 0.15) is 11.5 Å². The fourth-order valence-corrected chi connectivity index (χ4v) is 1.48. The zero-order chi connectivity index (χ0) is 12.8. The molecule has 5 nitrogen and oxygen atoms in total. The van der Waals surface area contributed by atoms with Crippen molar-refractivity contribution in [3.63, 3.8) is 0 Å². The van der Waals surface area contributed by atoms with Gasteiger partial charge in [0.15, 0.2) is 0 Å². The Hall–Kier alpha value is -1.36. The summed E-state index contributed by atoms with van der Waals surface area (Å²) >= 11 is 0. The maximum atomic E-state index is 11.8. The molecule has 0 aliphatic heterocycles. The first-order valence-electron chi connectivity index (χ1n) is 5.88. The molecule has 1 aromatic heterocycles. The van der Waals surface area contributed by atoms with Crippen molar-refractivity contribution in [2.75, 3.05) is 13.6 Å². The summed E-state index contributed by atoms with van der Waals surface area (Å²) in [5, 5.41) is 7.08. The molecule has 17 heavy (non-hydrogen) atoms. The molecule has 0 aromatic carbocycles. The van der Waals surface area contributed by atoms with E-state index in [2.05, 4.69) is 24.3 Å². The molecule has 0 aliphatic carbocycles. The Morgan fingerprint density at radius 2 is 2.29 bits per heavy atom. The van der Waals surface area contributed by atoms with Gasteiger partial charge in [-0.05, 0) is 6.92 Å². The third-order valence-corrected chi connectivity index (χ3v) is 2.39. The quantitative estimate of drug-likeness (QED) is 0.813. The fraction of sp³-hybridized carbons (Fsp3) is 0.667. The maximum absolute atomic E-state index is 11.8. The molecule has 0 saturated heterocycles. The molecule has 1 heterocycles. The van der Waals surface area contributed by atoms with E-state index in [1.165, 1.54) is 0 Å². The molecular weight excluding hydrogens is 218 g/mol. The van der Waals surface area contributed by atoms with Gasteiger partial charge in [0.2, 0.25) is 5.91 Å². The average molecular weight is 239 g/mol. The first kappa shape index (κ1) is 13.7. The first-order valence-corrected chi connectivity index (χ1v) is 5.88.